The van der Waals surface area contributed by atoms with Crippen LogP contribution in [0.1, 0.15) is 31.9 Å². The van der Waals surface area contributed by atoms with Gasteiger partial charge in [0, 0.05) is 0 Å². The zero-order valence-corrected chi connectivity index (χ0v) is 18.7. The van der Waals surface area contributed by atoms with E-state index in [1.54, 1.807) is 0 Å². The van der Waals surface area contributed by atoms with Gasteiger partial charge in [-0.05, 0) is 67.8 Å². The summed E-state index contributed by atoms with van der Waals surface area (Å²) < 4.78 is 0. The second-order valence-electron chi connectivity index (χ2n) is 9.54. The molecule has 152 valence electrons. The molecule has 0 nitrogen and oxygen atoms in total. The normalized spacial score (nSPS) is 11.9. The van der Waals surface area contributed by atoms with Crippen LogP contribution in [0.3, 0.4) is 0 Å². The molecule has 0 aromatic heterocycles. The molecule has 0 aliphatic heterocycles. The fourth-order valence-electron chi connectivity index (χ4n) is 4.59. The van der Waals surface area contributed by atoms with Crippen molar-refractivity contribution in [3.05, 3.63) is 108 Å². The highest BCUT2D eigenvalue weighted by molar-refractivity contribution is 6.21. The SMILES string of the molecule is Cc1ccc(-c2c3ccccc3c(-c3ccccc3)c3cc(C(C)(C)C)ccc23)cc1. The molecule has 0 N–H and O–H groups in total. The number of hydrogen-bond donors (Lipinski definition) is 0. The highest BCUT2D eigenvalue weighted by Gasteiger charge is 2.20. The van der Waals surface area contributed by atoms with Gasteiger partial charge in [-0.2, -0.15) is 0 Å². The van der Waals surface area contributed by atoms with Gasteiger partial charge in [0.15, 0.2) is 0 Å². The summed E-state index contributed by atoms with van der Waals surface area (Å²) in [6.07, 6.45) is 0. The molecule has 0 fully saturated rings. The highest BCUT2D eigenvalue weighted by Crippen LogP contribution is 2.44. The Morgan fingerprint density at radius 1 is 0.484 bits per heavy atom. The van der Waals surface area contributed by atoms with Gasteiger partial charge >= 0.3 is 0 Å². The Morgan fingerprint density at radius 3 is 1.61 bits per heavy atom. The first-order chi connectivity index (χ1) is 14.9. The summed E-state index contributed by atoms with van der Waals surface area (Å²) in [5, 5.41) is 5.26. The second kappa shape index (κ2) is 7.39. The molecule has 0 bridgehead atoms. The van der Waals surface area contributed by atoms with Gasteiger partial charge in [0.1, 0.15) is 0 Å². The van der Waals surface area contributed by atoms with Gasteiger partial charge in [0.25, 0.3) is 0 Å². The minimum atomic E-state index is 0.0951. The molecule has 0 unspecified atom stereocenters. The molecule has 0 radical (unpaired) electrons. The Labute approximate surface area is 185 Å². The van der Waals surface area contributed by atoms with Crippen molar-refractivity contribution in [3.63, 3.8) is 0 Å². The van der Waals surface area contributed by atoms with Crippen LogP contribution in [0, 0.1) is 6.92 Å². The van der Waals surface area contributed by atoms with Gasteiger partial charge in [-0.25, -0.2) is 0 Å². The number of benzene rings is 5. The maximum Gasteiger partial charge on any atom is -0.00263 e. The largest absolute Gasteiger partial charge is 0.0622 e. The molecule has 0 spiro atoms. The molecule has 0 saturated carbocycles. The summed E-state index contributed by atoms with van der Waals surface area (Å²) in [5.41, 5.74) is 7.94. The third-order valence-electron chi connectivity index (χ3n) is 6.29. The Kier molecular flexibility index (Phi) is 4.67. The van der Waals surface area contributed by atoms with Crippen LogP contribution in [0.5, 0.6) is 0 Å². The predicted molar refractivity (Wildman–Crippen MR) is 136 cm³/mol. The third kappa shape index (κ3) is 3.43. The number of rotatable bonds is 2. The zero-order valence-electron chi connectivity index (χ0n) is 18.7. The van der Waals surface area contributed by atoms with E-state index in [4.69, 9.17) is 0 Å². The van der Waals surface area contributed by atoms with E-state index in [1.807, 2.05) is 0 Å². The number of fused-ring (bicyclic) bond motifs is 2. The van der Waals surface area contributed by atoms with Gasteiger partial charge < -0.3 is 0 Å². The van der Waals surface area contributed by atoms with Gasteiger partial charge in [-0.3, -0.25) is 0 Å². The molecule has 0 saturated heterocycles. The lowest BCUT2D eigenvalue weighted by atomic mass is 9.81. The van der Waals surface area contributed by atoms with Crippen molar-refractivity contribution in [3.8, 4) is 22.3 Å². The van der Waals surface area contributed by atoms with Gasteiger partial charge in [0.2, 0.25) is 0 Å². The van der Waals surface area contributed by atoms with E-state index in [-0.39, 0.29) is 5.41 Å². The maximum absolute atomic E-state index is 2.42. The van der Waals surface area contributed by atoms with Crippen LogP contribution in [-0.2, 0) is 5.41 Å². The number of aryl methyl sites for hydroxylation is 1. The van der Waals surface area contributed by atoms with Crippen LogP contribution >= 0.6 is 0 Å². The molecule has 5 rings (SSSR count). The Bertz CT molecular complexity index is 1380. The average Bonchev–Trinajstić information content (AvgIpc) is 2.78. The first kappa shape index (κ1) is 19.6. The lowest BCUT2D eigenvalue weighted by Gasteiger charge is -2.23. The second-order valence-corrected chi connectivity index (χ2v) is 9.54. The minimum absolute atomic E-state index is 0.0951. The Morgan fingerprint density at radius 2 is 1.00 bits per heavy atom. The molecule has 5 aromatic rings. The molecular formula is C31H28. The molecule has 0 aliphatic rings. The van der Waals surface area contributed by atoms with Crippen molar-refractivity contribution in [2.24, 2.45) is 0 Å². The molecule has 0 heterocycles. The lowest BCUT2D eigenvalue weighted by Crippen LogP contribution is -2.10. The maximum atomic E-state index is 2.42. The van der Waals surface area contributed by atoms with E-state index in [1.165, 1.54) is 54.9 Å². The molecule has 31 heavy (non-hydrogen) atoms. The van der Waals surface area contributed by atoms with E-state index >= 15 is 0 Å². The van der Waals surface area contributed by atoms with Crippen LogP contribution in [0.25, 0.3) is 43.8 Å². The smallest absolute Gasteiger partial charge is 0.00263 e. The summed E-state index contributed by atoms with van der Waals surface area (Å²) in [6.45, 7) is 9.02. The molecule has 0 aliphatic carbocycles. The fraction of sp³-hybridized carbons (Fsp3) is 0.161. The summed E-state index contributed by atoms with van der Waals surface area (Å²) in [5.74, 6) is 0. The molecule has 0 atom stereocenters. The van der Waals surface area contributed by atoms with E-state index in [2.05, 4.69) is 125 Å². The van der Waals surface area contributed by atoms with Crippen LogP contribution < -0.4 is 0 Å². The first-order valence-electron chi connectivity index (χ1n) is 11.0. The quantitative estimate of drug-likeness (QED) is 0.259. The van der Waals surface area contributed by atoms with Crippen molar-refractivity contribution in [1.29, 1.82) is 0 Å². The summed E-state index contributed by atoms with van der Waals surface area (Å²) in [7, 11) is 0. The molecular weight excluding hydrogens is 372 g/mol. The first-order valence-corrected chi connectivity index (χ1v) is 11.0. The van der Waals surface area contributed by atoms with Crippen molar-refractivity contribution in [1.82, 2.24) is 0 Å². The third-order valence-corrected chi connectivity index (χ3v) is 6.29. The topological polar surface area (TPSA) is 0 Å². The summed E-state index contributed by atoms with van der Waals surface area (Å²) >= 11 is 0. The zero-order chi connectivity index (χ0) is 21.6. The molecule has 5 aromatic carbocycles. The van der Waals surface area contributed by atoms with E-state index in [9.17, 15) is 0 Å². The van der Waals surface area contributed by atoms with Crippen LogP contribution in [0.4, 0.5) is 0 Å². The lowest BCUT2D eigenvalue weighted by molar-refractivity contribution is 0.591. The van der Waals surface area contributed by atoms with Crippen molar-refractivity contribution >= 4 is 21.5 Å². The monoisotopic (exact) mass is 400 g/mol. The Hall–Kier alpha value is -3.38. The van der Waals surface area contributed by atoms with Gasteiger partial charge in [-0.15, -0.1) is 0 Å². The van der Waals surface area contributed by atoms with Gasteiger partial charge in [-0.1, -0.05) is 117 Å². The van der Waals surface area contributed by atoms with Crippen LogP contribution in [-0.4, -0.2) is 0 Å². The average molecular weight is 401 g/mol. The molecule has 0 heteroatoms. The summed E-state index contributed by atoms with van der Waals surface area (Å²) in [4.78, 5) is 0. The van der Waals surface area contributed by atoms with Crippen LogP contribution in [0.2, 0.25) is 0 Å². The standard InChI is InChI=1S/C31H28/c1-21-14-16-23(17-15-21)29-25-12-8-9-13-26(25)30(22-10-6-5-7-11-22)28-20-24(31(2,3)4)18-19-27(28)29/h5-20H,1-4H3. The van der Waals surface area contributed by atoms with Crippen molar-refractivity contribution in [2.75, 3.05) is 0 Å². The fourth-order valence-corrected chi connectivity index (χ4v) is 4.59. The predicted octanol–water partition coefficient (Wildman–Crippen LogP) is 8.93. The van der Waals surface area contributed by atoms with E-state index < -0.39 is 0 Å². The molecule has 0 amide bonds. The minimum Gasteiger partial charge on any atom is -0.0622 e. The Balaban J connectivity index is 1.99. The van der Waals surface area contributed by atoms with Crippen molar-refractivity contribution in [2.45, 2.75) is 33.1 Å². The van der Waals surface area contributed by atoms with Gasteiger partial charge in [0.05, 0.1) is 0 Å². The van der Waals surface area contributed by atoms with E-state index in [0.29, 0.717) is 0 Å². The highest BCUT2D eigenvalue weighted by atomic mass is 14.2. The number of hydrogen-bond acceptors (Lipinski definition) is 0. The van der Waals surface area contributed by atoms with Crippen molar-refractivity contribution < 1.29 is 0 Å². The summed E-state index contributed by atoms with van der Waals surface area (Å²) in [6, 6.07) is 35.7. The van der Waals surface area contributed by atoms with E-state index in [0.717, 1.165) is 0 Å². The van der Waals surface area contributed by atoms with Crippen LogP contribution in [0.15, 0.2) is 97.1 Å².